The van der Waals surface area contributed by atoms with Crippen LogP contribution in [-0.4, -0.2) is 21.5 Å². The van der Waals surface area contributed by atoms with Gasteiger partial charge in [-0.15, -0.1) is 11.3 Å². The zero-order valence-electron chi connectivity index (χ0n) is 11.5. The second kappa shape index (κ2) is 6.47. The molecule has 2 aromatic rings. The first-order valence-electron chi connectivity index (χ1n) is 6.42. The Morgan fingerprint density at radius 3 is 2.74 bits per heavy atom. The first-order valence-corrected chi connectivity index (χ1v) is 7.23. The zero-order chi connectivity index (χ0) is 13.7. The summed E-state index contributed by atoms with van der Waals surface area (Å²) in [5.41, 5.74) is 0.955. The van der Waals surface area contributed by atoms with Crippen LogP contribution in [0.25, 0.3) is 0 Å². The molecule has 6 heteroatoms. The van der Waals surface area contributed by atoms with Gasteiger partial charge in [-0.25, -0.2) is 9.97 Å². The minimum absolute atomic E-state index is 0.685. The van der Waals surface area contributed by atoms with Gasteiger partial charge in [0.05, 0.1) is 11.6 Å². The van der Waals surface area contributed by atoms with Crippen molar-refractivity contribution in [1.82, 2.24) is 15.0 Å². The molecule has 0 fully saturated rings. The summed E-state index contributed by atoms with van der Waals surface area (Å²) >= 11 is 1.70. The van der Waals surface area contributed by atoms with E-state index < -0.39 is 0 Å². The summed E-state index contributed by atoms with van der Waals surface area (Å²) in [4.78, 5) is 14.2. The lowest BCUT2D eigenvalue weighted by Crippen LogP contribution is -2.08. The van der Waals surface area contributed by atoms with Gasteiger partial charge >= 0.3 is 0 Å². The van der Waals surface area contributed by atoms with Gasteiger partial charge in [0, 0.05) is 29.4 Å². The number of aryl methyl sites for hydroxylation is 2. The van der Waals surface area contributed by atoms with Crippen molar-refractivity contribution in [3.63, 3.8) is 0 Å². The van der Waals surface area contributed by atoms with Crippen molar-refractivity contribution < 1.29 is 0 Å². The van der Waals surface area contributed by atoms with Crippen LogP contribution in [0.3, 0.4) is 0 Å². The fourth-order valence-corrected chi connectivity index (χ4v) is 2.37. The maximum absolute atomic E-state index is 4.44. The summed E-state index contributed by atoms with van der Waals surface area (Å²) < 4.78 is 0. The van der Waals surface area contributed by atoms with Crippen molar-refractivity contribution in [3.05, 3.63) is 27.8 Å². The van der Waals surface area contributed by atoms with Crippen LogP contribution < -0.4 is 10.6 Å². The third-order valence-corrected chi connectivity index (χ3v) is 3.41. The van der Waals surface area contributed by atoms with Crippen LogP contribution in [0.1, 0.15) is 28.9 Å². The van der Waals surface area contributed by atoms with Crippen LogP contribution in [0, 0.1) is 13.8 Å². The predicted octanol–water partition coefficient (Wildman–Crippen LogP) is 2.98. The molecule has 2 heterocycles. The first-order chi connectivity index (χ1) is 9.17. The highest BCUT2D eigenvalue weighted by Gasteiger charge is 2.03. The minimum atomic E-state index is 0.685. The van der Waals surface area contributed by atoms with E-state index >= 15 is 0 Å². The molecule has 2 N–H and O–H groups in total. The van der Waals surface area contributed by atoms with Gasteiger partial charge in [0.25, 0.3) is 0 Å². The maximum atomic E-state index is 4.44. The number of hydrogen-bond acceptors (Lipinski definition) is 6. The van der Waals surface area contributed by atoms with E-state index in [9.17, 15) is 0 Å². The Balaban J connectivity index is 2.01. The molecule has 0 aliphatic carbocycles. The maximum Gasteiger partial charge on any atom is 0.224 e. The van der Waals surface area contributed by atoms with E-state index in [1.54, 1.807) is 11.3 Å². The summed E-state index contributed by atoms with van der Waals surface area (Å²) in [5, 5.41) is 7.60. The van der Waals surface area contributed by atoms with Crippen LogP contribution in [0.2, 0.25) is 0 Å². The van der Waals surface area contributed by atoms with Crippen molar-refractivity contribution in [2.45, 2.75) is 33.7 Å². The summed E-state index contributed by atoms with van der Waals surface area (Å²) in [7, 11) is 0. The Morgan fingerprint density at radius 2 is 2.05 bits per heavy atom. The molecule has 0 aliphatic rings. The van der Waals surface area contributed by atoms with E-state index in [2.05, 4.69) is 32.5 Å². The average Bonchev–Trinajstić information content (AvgIpc) is 2.79. The van der Waals surface area contributed by atoms with Crippen LogP contribution in [0.5, 0.6) is 0 Å². The molecule has 0 radical (unpaired) electrons. The van der Waals surface area contributed by atoms with Crippen molar-refractivity contribution in [3.8, 4) is 0 Å². The van der Waals surface area contributed by atoms with E-state index in [0.29, 0.717) is 5.95 Å². The molecule has 0 atom stereocenters. The van der Waals surface area contributed by atoms with Crippen molar-refractivity contribution >= 4 is 23.1 Å². The Labute approximate surface area is 117 Å². The summed E-state index contributed by atoms with van der Waals surface area (Å²) in [6.07, 6.45) is 2.96. The molecule has 2 aromatic heterocycles. The van der Waals surface area contributed by atoms with Gasteiger partial charge in [-0.2, -0.15) is 4.98 Å². The smallest absolute Gasteiger partial charge is 0.224 e. The second-order valence-electron chi connectivity index (χ2n) is 4.34. The molecular weight excluding hydrogens is 258 g/mol. The molecule has 2 rings (SSSR count). The SMILES string of the molecule is CCCNc1nc(C)cc(NCc2cnc(C)s2)n1. The number of aromatic nitrogens is 3. The molecular formula is C13H19N5S. The molecule has 0 unspecified atom stereocenters. The van der Waals surface area contributed by atoms with Crippen LogP contribution >= 0.6 is 11.3 Å². The Morgan fingerprint density at radius 1 is 1.21 bits per heavy atom. The molecule has 0 amide bonds. The van der Waals surface area contributed by atoms with E-state index in [-0.39, 0.29) is 0 Å². The largest absolute Gasteiger partial charge is 0.365 e. The third-order valence-electron chi connectivity index (χ3n) is 2.50. The molecule has 0 spiro atoms. The molecule has 102 valence electrons. The topological polar surface area (TPSA) is 62.7 Å². The number of nitrogens with one attached hydrogen (secondary N) is 2. The van der Waals surface area contributed by atoms with Gasteiger partial charge in [0.1, 0.15) is 5.82 Å². The standard InChI is InChI=1S/C13H19N5S/c1-4-5-14-13-17-9(2)6-12(18-13)16-8-11-7-15-10(3)19-11/h6-7H,4-5,8H2,1-3H3,(H2,14,16,17,18). The summed E-state index contributed by atoms with van der Waals surface area (Å²) in [6, 6.07) is 1.95. The first kappa shape index (κ1) is 13.7. The monoisotopic (exact) mass is 277 g/mol. The van der Waals surface area contributed by atoms with Gasteiger partial charge in [0.15, 0.2) is 0 Å². The third kappa shape index (κ3) is 4.17. The molecule has 0 aromatic carbocycles. The van der Waals surface area contributed by atoms with E-state index in [0.717, 1.165) is 36.0 Å². The molecule has 5 nitrogen and oxygen atoms in total. The van der Waals surface area contributed by atoms with Crippen LogP contribution in [0.4, 0.5) is 11.8 Å². The highest BCUT2D eigenvalue weighted by Crippen LogP contribution is 2.15. The Kier molecular flexibility index (Phi) is 4.68. The zero-order valence-corrected chi connectivity index (χ0v) is 12.3. The number of thiazole rings is 1. The molecule has 0 aliphatic heterocycles. The highest BCUT2D eigenvalue weighted by molar-refractivity contribution is 7.11. The van der Waals surface area contributed by atoms with Gasteiger partial charge in [-0.1, -0.05) is 6.92 Å². The summed E-state index contributed by atoms with van der Waals surface area (Å²) in [6.45, 7) is 7.73. The molecule has 0 saturated heterocycles. The van der Waals surface area contributed by atoms with E-state index in [1.807, 2.05) is 26.1 Å². The molecule has 0 bridgehead atoms. The predicted molar refractivity (Wildman–Crippen MR) is 79.7 cm³/mol. The quantitative estimate of drug-likeness (QED) is 0.850. The van der Waals surface area contributed by atoms with E-state index in [1.165, 1.54) is 4.88 Å². The van der Waals surface area contributed by atoms with Crippen molar-refractivity contribution in [2.24, 2.45) is 0 Å². The van der Waals surface area contributed by atoms with Gasteiger partial charge in [0.2, 0.25) is 5.95 Å². The van der Waals surface area contributed by atoms with Gasteiger partial charge in [-0.3, -0.25) is 0 Å². The lowest BCUT2D eigenvalue weighted by molar-refractivity contribution is 0.944. The Bertz CT molecular complexity index is 538. The minimum Gasteiger partial charge on any atom is -0.365 e. The molecule has 0 saturated carbocycles. The second-order valence-corrected chi connectivity index (χ2v) is 5.66. The highest BCUT2D eigenvalue weighted by atomic mass is 32.1. The van der Waals surface area contributed by atoms with Gasteiger partial charge in [-0.05, 0) is 20.3 Å². The van der Waals surface area contributed by atoms with Crippen LogP contribution in [-0.2, 0) is 6.54 Å². The van der Waals surface area contributed by atoms with Crippen LogP contribution in [0.15, 0.2) is 12.3 Å². The number of nitrogens with zero attached hydrogens (tertiary/aromatic N) is 3. The fraction of sp³-hybridized carbons (Fsp3) is 0.462. The lowest BCUT2D eigenvalue weighted by atomic mass is 10.4. The molecule has 19 heavy (non-hydrogen) atoms. The lowest BCUT2D eigenvalue weighted by Gasteiger charge is -2.08. The number of anilines is 2. The van der Waals surface area contributed by atoms with E-state index in [4.69, 9.17) is 0 Å². The van der Waals surface area contributed by atoms with Crippen molar-refractivity contribution in [1.29, 1.82) is 0 Å². The normalized spacial score (nSPS) is 10.5. The number of rotatable bonds is 6. The number of hydrogen-bond donors (Lipinski definition) is 2. The fourth-order valence-electron chi connectivity index (χ4n) is 1.64. The van der Waals surface area contributed by atoms with Crippen molar-refractivity contribution in [2.75, 3.05) is 17.2 Å². The van der Waals surface area contributed by atoms with Gasteiger partial charge < -0.3 is 10.6 Å². The summed E-state index contributed by atoms with van der Waals surface area (Å²) in [5.74, 6) is 1.53. The Hall–Kier alpha value is -1.69. The average molecular weight is 277 g/mol.